The third kappa shape index (κ3) is 10.2. The van der Waals surface area contributed by atoms with Gasteiger partial charge in [0.15, 0.2) is 5.69 Å². The van der Waals surface area contributed by atoms with Crippen LogP contribution in [0.5, 0.6) is 5.88 Å². The number of rotatable bonds is 10. The topological polar surface area (TPSA) is 177 Å². The molecule has 5 rings (SSSR count). The summed E-state index contributed by atoms with van der Waals surface area (Å²) in [5.74, 6) is -0.275. The van der Waals surface area contributed by atoms with Crippen LogP contribution in [0.1, 0.15) is 16.7 Å². The molecular weight excluding hydrogens is 831 g/mol. The Hall–Kier alpha value is -5.90. The van der Waals surface area contributed by atoms with E-state index in [0.29, 0.717) is 22.7 Å². The maximum Gasteiger partial charge on any atom is 0.438 e. The van der Waals surface area contributed by atoms with Crippen molar-refractivity contribution in [1.82, 2.24) is 14.8 Å². The number of hydrogen-bond acceptors (Lipinski definition) is 11. The van der Waals surface area contributed by atoms with Crippen molar-refractivity contribution in [2.24, 2.45) is 0 Å². The highest BCUT2D eigenvalue weighted by atomic mass is 35.5. The minimum atomic E-state index is -5.27. The number of methoxy groups -OCH3 is 1. The van der Waals surface area contributed by atoms with E-state index in [0.717, 1.165) is 16.3 Å². The molecule has 0 radical (unpaired) electrons. The van der Waals surface area contributed by atoms with Gasteiger partial charge in [-0.2, -0.15) is 31.4 Å². The highest BCUT2D eigenvalue weighted by molar-refractivity contribution is 6.35. The molecule has 5 aromatic rings. The zero-order valence-electron chi connectivity index (χ0n) is 28.1. The molecule has 15 nitrogen and oxygen atoms in total. The first-order chi connectivity index (χ1) is 26.3. The molecule has 0 saturated heterocycles. The Morgan fingerprint density at radius 1 is 0.929 bits per heavy atom. The second-order valence-electron chi connectivity index (χ2n) is 10.6. The molecule has 24 heteroatoms. The number of halogens is 9. The Balaban J connectivity index is 0.000000249. The zero-order valence-corrected chi connectivity index (χ0v) is 30.3. The summed E-state index contributed by atoms with van der Waals surface area (Å²) >= 11 is 17.0. The number of ether oxygens (including phenoxy) is 2. The lowest BCUT2D eigenvalue weighted by Crippen LogP contribution is -2.30. The van der Waals surface area contributed by atoms with E-state index in [4.69, 9.17) is 49.1 Å². The minimum absolute atomic E-state index is 0.0599. The van der Waals surface area contributed by atoms with Gasteiger partial charge in [-0.15, -0.1) is 5.10 Å². The Kier molecular flexibility index (Phi) is 13.5. The van der Waals surface area contributed by atoms with Gasteiger partial charge in [0, 0.05) is 35.1 Å². The number of nitro groups is 2. The molecule has 0 unspecified atom stereocenters. The highest BCUT2D eigenvalue weighted by Gasteiger charge is 2.42. The molecule has 2 heterocycles. The number of hydroxylamine groups is 1. The van der Waals surface area contributed by atoms with Crippen molar-refractivity contribution >= 4 is 69.5 Å². The van der Waals surface area contributed by atoms with Crippen LogP contribution >= 0.6 is 34.8 Å². The molecule has 3 aromatic carbocycles. The van der Waals surface area contributed by atoms with Crippen LogP contribution in [0.3, 0.4) is 0 Å². The van der Waals surface area contributed by atoms with Gasteiger partial charge in [0.05, 0.1) is 51.6 Å². The van der Waals surface area contributed by atoms with Gasteiger partial charge >= 0.3 is 29.8 Å². The summed E-state index contributed by atoms with van der Waals surface area (Å²) < 4.78 is 89.2. The lowest BCUT2D eigenvalue weighted by molar-refractivity contribution is -0.392. The van der Waals surface area contributed by atoms with Gasteiger partial charge < -0.3 is 14.8 Å². The van der Waals surface area contributed by atoms with Crippen molar-refractivity contribution in [3.8, 4) is 11.6 Å². The molecule has 296 valence electrons. The van der Waals surface area contributed by atoms with Gasteiger partial charge in [-0.25, -0.2) is 14.5 Å². The third-order valence-electron chi connectivity index (χ3n) is 7.08. The van der Waals surface area contributed by atoms with Crippen molar-refractivity contribution < 1.29 is 55.3 Å². The predicted octanol–water partition coefficient (Wildman–Crippen LogP) is 10.2. The van der Waals surface area contributed by atoms with E-state index in [1.165, 1.54) is 14.2 Å². The fourth-order valence-electron chi connectivity index (χ4n) is 4.54. The second kappa shape index (κ2) is 17.7. The number of nitrogens with zero attached hydrogens (tertiary/aromatic N) is 6. The van der Waals surface area contributed by atoms with Gasteiger partial charge in [-0.05, 0) is 36.4 Å². The Bertz CT molecular complexity index is 2240. The molecule has 56 heavy (non-hydrogen) atoms. The number of alkyl halides is 6. The number of benzene rings is 3. The van der Waals surface area contributed by atoms with Crippen LogP contribution in [0, 0.1) is 20.2 Å². The number of para-hydroxylation sites is 1. The van der Waals surface area contributed by atoms with E-state index in [1.54, 1.807) is 41.2 Å². The first kappa shape index (κ1) is 42.8. The summed E-state index contributed by atoms with van der Waals surface area (Å²) in [6.45, 7) is 0.199. The Morgan fingerprint density at radius 2 is 1.59 bits per heavy atom. The average molecular weight is 853 g/mol. The largest absolute Gasteiger partial charge is 0.472 e. The van der Waals surface area contributed by atoms with Crippen LogP contribution in [0.4, 0.5) is 59.7 Å². The molecule has 1 amide bonds. The van der Waals surface area contributed by atoms with E-state index >= 15 is 0 Å². The predicted molar refractivity (Wildman–Crippen MR) is 189 cm³/mol. The fraction of sp³-hybridized carbons (Fsp3) is 0.156. The second-order valence-corrected chi connectivity index (χ2v) is 11.8. The van der Waals surface area contributed by atoms with Crippen molar-refractivity contribution in [2.45, 2.75) is 19.0 Å². The molecule has 0 aliphatic carbocycles. The first-order valence-corrected chi connectivity index (χ1v) is 16.1. The third-order valence-corrected chi connectivity index (χ3v) is 8.00. The van der Waals surface area contributed by atoms with E-state index in [1.807, 2.05) is 29.6 Å². The summed E-state index contributed by atoms with van der Waals surface area (Å²) in [5.41, 5.74) is -5.12. The molecule has 0 aliphatic rings. The number of carbonyl (C=O) groups is 1. The van der Waals surface area contributed by atoms with Crippen molar-refractivity contribution in [3.63, 3.8) is 0 Å². The van der Waals surface area contributed by atoms with Crippen LogP contribution in [0.25, 0.3) is 5.69 Å². The molecule has 0 fully saturated rings. The van der Waals surface area contributed by atoms with E-state index < -0.39 is 72.3 Å². The zero-order chi connectivity index (χ0) is 41.5. The van der Waals surface area contributed by atoms with Crippen molar-refractivity contribution in [1.29, 1.82) is 0 Å². The molecule has 0 spiro atoms. The fourth-order valence-corrected chi connectivity index (χ4v) is 5.20. The summed E-state index contributed by atoms with van der Waals surface area (Å²) in [6.07, 6.45) is -8.69. The van der Waals surface area contributed by atoms with E-state index in [2.05, 4.69) is 10.1 Å². The molecule has 0 bridgehead atoms. The normalized spacial score (nSPS) is 11.3. The lowest BCUT2D eigenvalue weighted by atomic mass is 10.1. The molecule has 0 aliphatic heterocycles. The number of amides is 1. The number of nitro benzene ring substituents is 2. The quantitative estimate of drug-likeness (QED) is 0.0803. The summed E-state index contributed by atoms with van der Waals surface area (Å²) in [7, 11) is 2.68. The van der Waals surface area contributed by atoms with Crippen LogP contribution < -0.4 is 15.1 Å². The van der Waals surface area contributed by atoms with Gasteiger partial charge in [-0.3, -0.25) is 25.1 Å². The summed E-state index contributed by atoms with van der Waals surface area (Å²) in [5, 5.41) is 28.2. The van der Waals surface area contributed by atoms with Crippen LogP contribution in [0.2, 0.25) is 15.1 Å². The maximum atomic E-state index is 13.0. The van der Waals surface area contributed by atoms with Gasteiger partial charge in [0.1, 0.15) is 17.4 Å². The standard InChI is InChI=1S/C19H18ClN3O4.C13H4Cl2F6N4O4/c1-25-19(24)23(26-2)17-6-4-3-5-14(17)13-27-18-11-12-22(21-18)16-9-7-15(20)8-10-16;14-6-1-4(12(16,17)18)3-22-11(6)23-9-7(24(26)27)2-5(13(19,20)21)8(15)10(9)25(28)29/h3-12H,13H2,1-2H3;1-3H,(H,22,23). The summed E-state index contributed by atoms with van der Waals surface area (Å²) in [6, 6.07) is 16.6. The van der Waals surface area contributed by atoms with E-state index in [-0.39, 0.29) is 18.9 Å². The minimum Gasteiger partial charge on any atom is -0.472 e. The Morgan fingerprint density at radius 3 is 2.14 bits per heavy atom. The van der Waals surface area contributed by atoms with Gasteiger partial charge in [0.25, 0.3) is 0 Å². The number of aromatic nitrogens is 3. The maximum absolute atomic E-state index is 13.0. The smallest absolute Gasteiger partial charge is 0.438 e. The Labute approximate surface area is 325 Å². The lowest BCUT2D eigenvalue weighted by Gasteiger charge is -2.20. The SMILES string of the molecule is COC(=O)N(OC)c1ccccc1COc1ccn(-c2ccc(Cl)cc2)n1.O=[N+]([O-])c1cc(C(F)(F)F)c(Cl)c([N+](=O)[O-])c1Nc1ncc(C(F)(F)F)cc1Cl. The monoisotopic (exact) mass is 851 g/mol. The number of pyridine rings is 1. The van der Waals surface area contributed by atoms with E-state index in [9.17, 15) is 51.4 Å². The number of anilines is 3. The van der Waals surface area contributed by atoms with Gasteiger partial charge in [0.2, 0.25) is 5.88 Å². The van der Waals surface area contributed by atoms with Crippen molar-refractivity contribution in [3.05, 3.63) is 131 Å². The molecular formula is C32H22Cl3F6N7O8. The number of nitrogens with one attached hydrogen (secondary N) is 1. The molecule has 1 N–H and O–H groups in total. The number of carbonyl (C=O) groups excluding carboxylic acids is 1. The molecule has 2 aromatic heterocycles. The average Bonchev–Trinajstić information content (AvgIpc) is 3.60. The van der Waals surface area contributed by atoms with Gasteiger partial charge in [-0.1, -0.05) is 53.0 Å². The van der Waals surface area contributed by atoms with Crippen LogP contribution in [0.15, 0.2) is 79.1 Å². The van der Waals surface area contributed by atoms with Crippen LogP contribution in [-0.2, 0) is 28.5 Å². The molecule has 0 saturated carbocycles. The first-order valence-electron chi connectivity index (χ1n) is 14.9. The molecule has 0 atom stereocenters. The summed E-state index contributed by atoms with van der Waals surface area (Å²) in [4.78, 5) is 39.9. The highest BCUT2D eigenvalue weighted by Crippen LogP contribution is 2.48. The van der Waals surface area contributed by atoms with Crippen LogP contribution in [-0.4, -0.2) is 44.9 Å². The van der Waals surface area contributed by atoms with Crippen molar-refractivity contribution in [2.75, 3.05) is 24.6 Å². The number of hydrogen-bond donors (Lipinski definition) is 1.